The Labute approximate surface area is 126 Å². The lowest BCUT2D eigenvalue weighted by atomic mass is 9.76. The first-order valence-electron chi connectivity index (χ1n) is 7.44. The predicted molar refractivity (Wildman–Crippen MR) is 82.5 cm³/mol. The van der Waals surface area contributed by atoms with E-state index >= 15 is 0 Å². The highest BCUT2D eigenvalue weighted by molar-refractivity contribution is 5.46. The van der Waals surface area contributed by atoms with Crippen molar-refractivity contribution in [3.05, 3.63) is 30.3 Å². The fourth-order valence-electron chi connectivity index (χ4n) is 2.46. The summed E-state index contributed by atoms with van der Waals surface area (Å²) in [6.07, 6.45) is 4.53. The van der Waals surface area contributed by atoms with E-state index in [1.807, 2.05) is 18.2 Å². The Bertz CT molecular complexity index is 545. The summed E-state index contributed by atoms with van der Waals surface area (Å²) in [6, 6.07) is 5.65. The molecule has 5 heteroatoms. The Morgan fingerprint density at radius 1 is 1.24 bits per heavy atom. The molecule has 0 aliphatic carbocycles. The van der Waals surface area contributed by atoms with E-state index in [4.69, 9.17) is 10.3 Å². The molecule has 114 valence electrons. The van der Waals surface area contributed by atoms with Gasteiger partial charge in [-0.2, -0.15) is 4.98 Å². The fraction of sp³-hybridized carbons (Fsp3) is 0.562. The normalized spacial score (nSPS) is 13.3. The van der Waals surface area contributed by atoms with Gasteiger partial charge in [-0.05, 0) is 42.9 Å². The summed E-state index contributed by atoms with van der Waals surface area (Å²) >= 11 is 0. The van der Waals surface area contributed by atoms with Crippen LogP contribution in [0.5, 0.6) is 0 Å². The van der Waals surface area contributed by atoms with Crippen LogP contribution in [0.4, 0.5) is 0 Å². The molecule has 0 aliphatic heterocycles. The second kappa shape index (κ2) is 6.80. The molecule has 0 amide bonds. The van der Waals surface area contributed by atoms with E-state index in [1.165, 1.54) is 0 Å². The van der Waals surface area contributed by atoms with Crippen LogP contribution < -0.4 is 5.73 Å². The highest BCUT2D eigenvalue weighted by Gasteiger charge is 2.24. The zero-order valence-corrected chi connectivity index (χ0v) is 13.0. The summed E-state index contributed by atoms with van der Waals surface area (Å²) in [4.78, 5) is 8.65. The molecule has 2 aromatic rings. The first-order chi connectivity index (χ1) is 10.0. The molecular formula is C16H24N4O. The Balaban J connectivity index is 1.99. The van der Waals surface area contributed by atoms with Gasteiger partial charge in [0.1, 0.15) is 5.69 Å². The van der Waals surface area contributed by atoms with Crippen LogP contribution in [0.3, 0.4) is 0 Å². The lowest BCUT2D eigenvalue weighted by molar-refractivity contribution is 0.208. The maximum Gasteiger partial charge on any atom is 0.227 e. The van der Waals surface area contributed by atoms with Crippen LogP contribution in [0.1, 0.15) is 39.5 Å². The third-order valence-electron chi connectivity index (χ3n) is 3.81. The smallest absolute Gasteiger partial charge is 0.227 e. The Hall–Kier alpha value is -1.75. The van der Waals surface area contributed by atoms with E-state index in [0.29, 0.717) is 24.2 Å². The second-order valence-electron chi connectivity index (χ2n) is 6.41. The number of rotatable bonds is 6. The highest BCUT2D eigenvalue weighted by Crippen LogP contribution is 2.32. The van der Waals surface area contributed by atoms with Crippen LogP contribution in [0, 0.1) is 11.3 Å². The molecule has 1 unspecified atom stereocenters. The molecule has 0 bridgehead atoms. The van der Waals surface area contributed by atoms with Gasteiger partial charge >= 0.3 is 0 Å². The predicted octanol–water partition coefficient (Wildman–Crippen LogP) is 3.08. The van der Waals surface area contributed by atoms with Crippen LogP contribution >= 0.6 is 0 Å². The molecule has 1 atom stereocenters. The standard InChI is InChI=1S/C16H24N4O/c1-16(2,3)12(9-10-17)7-8-14-19-15(20-21-14)13-6-4-5-11-18-13/h4-6,11-12H,7-10,17H2,1-3H3. The van der Waals surface area contributed by atoms with Crippen LogP contribution in [0.2, 0.25) is 0 Å². The summed E-state index contributed by atoms with van der Waals surface area (Å²) in [6.45, 7) is 7.46. The lowest BCUT2D eigenvalue weighted by Gasteiger charge is -2.30. The van der Waals surface area contributed by atoms with E-state index in [9.17, 15) is 0 Å². The molecule has 0 saturated carbocycles. The minimum Gasteiger partial charge on any atom is -0.339 e. The minimum atomic E-state index is 0.239. The van der Waals surface area contributed by atoms with E-state index in [1.54, 1.807) is 6.20 Å². The van der Waals surface area contributed by atoms with Gasteiger partial charge in [-0.15, -0.1) is 0 Å². The lowest BCUT2D eigenvalue weighted by Crippen LogP contribution is -2.24. The van der Waals surface area contributed by atoms with E-state index < -0.39 is 0 Å². The van der Waals surface area contributed by atoms with Gasteiger partial charge in [-0.1, -0.05) is 32.0 Å². The van der Waals surface area contributed by atoms with Crippen molar-refractivity contribution in [2.24, 2.45) is 17.1 Å². The van der Waals surface area contributed by atoms with Crippen molar-refractivity contribution in [3.63, 3.8) is 0 Å². The molecule has 2 N–H and O–H groups in total. The average molecular weight is 288 g/mol. The Morgan fingerprint density at radius 2 is 2.05 bits per heavy atom. The molecule has 2 rings (SSSR count). The van der Waals surface area contributed by atoms with E-state index in [0.717, 1.165) is 25.0 Å². The van der Waals surface area contributed by atoms with Gasteiger partial charge in [-0.25, -0.2) is 0 Å². The van der Waals surface area contributed by atoms with Crippen LogP contribution in [-0.4, -0.2) is 21.7 Å². The molecule has 0 aliphatic rings. The molecule has 0 spiro atoms. The number of hydrogen-bond donors (Lipinski definition) is 1. The van der Waals surface area contributed by atoms with Crippen LogP contribution in [0.15, 0.2) is 28.9 Å². The molecule has 2 heterocycles. The monoisotopic (exact) mass is 288 g/mol. The number of hydrogen-bond acceptors (Lipinski definition) is 5. The molecule has 0 aromatic carbocycles. The quantitative estimate of drug-likeness (QED) is 0.883. The second-order valence-corrected chi connectivity index (χ2v) is 6.41. The minimum absolute atomic E-state index is 0.239. The molecule has 21 heavy (non-hydrogen) atoms. The van der Waals surface area contributed by atoms with Gasteiger partial charge in [-0.3, -0.25) is 4.98 Å². The topological polar surface area (TPSA) is 77.8 Å². The zero-order chi connectivity index (χ0) is 15.3. The number of nitrogens with two attached hydrogens (primary N) is 1. The van der Waals surface area contributed by atoms with Crippen molar-refractivity contribution in [3.8, 4) is 11.5 Å². The third kappa shape index (κ3) is 4.36. The summed E-state index contributed by atoms with van der Waals surface area (Å²) in [5.41, 5.74) is 6.69. The largest absolute Gasteiger partial charge is 0.339 e. The van der Waals surface area contributed by atoms with Crippen molar-refractivity contribution < 1.29 is 4.52 Å². The highest BCUT2D eigenvalue weighted by atomic mass is 16.5. The molecule has 0 radical (unpaired) electrons. The van der Waals surface area contributed by atoms with Crippen LogP contribution in [0.25, 0.3) is 11.5 Å². The van der Waals surface area contributed by atoms with E-state index in [-0.39, 0.29) is 5.41 Å². The van der Waals surface area contributed by atoms with Crippen molar-refractivity contribution in [1.82, 2.24) is 15.1 Å². The summed E-state index contributed by atoms with van der Waals surface area (Å²) < 4.78 is 5.33. The van der Waals surface area contributed by atoms with Crippen molar-refractivity contribution in [2.75, 3.05) is 6.54 Å². The fourth-order valence-corrected chi connectivity index (χ4v) is 2.46. The van der Waals surface area contributed by atoms with E-state index in [2.05, 4.69) is 35.9 Å². The zero-order valence-electron chi connectivity index (χ0n) is 13.0. The summed E-state index contributed by atoms with van der Waals surface area (Å²) in [5, 5.41) is 4.00. The van der Waals surface area contributed by atoms with Gasteiger partial charge in [0.15, 0.2) is 0 Å². The number of aromatic nitrogens is 3. The first kappa shape index (κ1) is 15.6. The molecular weight excluding hydrogens is 264 g/mol. The van der Waals surface area contributed by atoms with Crippen LogP contribution in [-0.2, 0) is 6.42 Å². The molecule has 5 nitrogen and oxygen atoms in total. The third-order valence-corrected chi connectivity index (χ3v) is 3.81. The maximum absolute atomic E-state index is 5.72. The SMILES string of the molecule is CC(C)(C)C(CCN)CCc1nc(-c2ccccn2)no1. The molecule has 0 saturated heterocycles. The van der Waals surface area contributed by atoms with Crippen molar-refractivity contribution in [1.29, 1.82) is 0 Å². The Kier molecular flexibility index (Phi) is 5.07. The molecule has 2 aromatic heterocycles. The average Bonchev–Trinajstić information content (AvgIpc) is 2.92. The summed E-state index contributed by atoms with van der Waals surface area (Å²) in [5.74, 6) is 1.77. The van der Waals surface area contributed by atoms with Gasteiger partial charge in [0, 0.05) is 12.6 Å². The van der Waals surface area contributed by atoms with Crippen molar-refractivity contribution in [2.45, 2.75) is 40.0 Å². The van der Waals surface area contributed by atoms with Gasteiger partial charge in [0.25, 0.3) is 0 Å². The van der Waals surface area contributed by atoms with Gasteiger partial charge in [0.05, 0.1) is 0 Å². The van der Waals surface area contributed by atoms with Crippen molar-refractivity contribution >= 4 is 0 Å². The maximum atomic E-state index is 5.72. The number of pyridine rings is 1. The van der Waals surface area contributed by atoms with Gasteiger partial charge in [0.2, 0.25) is 11.7 Å². The number of nitrogens with zero attached hydrogens (tertiary/aromatic N) is 3. The number of aryl methyl sites for hydroxylation is 1. The Morgan fingerprint density at radius 3 is 2.67 bits per heavy atom. The summed E-state index contributed by atoms with van der Waals surface area (Å²) in [7, 11) is 0. The van der Waals surface area contributed by atoms with Gasteiger partial charge < -0.3 is 10.3 Å². The first-order valence-corrected chi connectivity index (χ1v) is 7.44. The molecule has 0 fully saturated rings.